The number of aromatic hydroxyl groups is 1. The maximum Gasteiger partial charge on any atom is 0.270 e. The first-order chi connectivity index (χ1) is 16.6. The molecular weight excluding hydrogens is 521 g/mol. The first-order valence-electron chi connectivity index (χ1n) is 9.66. The molecule has 0 saturated carbocycles. The fourth-order valence-corrected chi connectivity index (χ4v) is 4.94. The van der Waals surface area contributed by atoms with Crippen LogP contribution in [0.1, 0.15) is 0 Å². The number of hydrogen-bond acceptors (Lipinski definition) is 8. The number of non-ortho nitro benzene ring substituents is 1. The summed E-state index contributed by atoms with van der Waals surface area (Å²) in [5.41, 5.74) is -0.181. The Morgan fingerprint density at radius 2 is 1.80 bits per heavy atom. The molecule has 4 aromatic rings. The van der Waals surface area contributed by atoms with E-state index >= 15 is 0 Å². The van der Waals surface area contributed by atoms with Gasteiger partial charge >= 0.3 is 0 Å². The molecule has 0 aliphatic heterocycles. The Kier molecular flexibility index (Phi) is 6.52. The van der Waals surface area contributed by atoms with Crippen LogP contribution in [0, 0.1) is 10.1 Å². The highest BCUT2D eigenvalue weighted by molar-refractivity contribution is 7.92. The van der Waals surface area contributed by atoms with E-state index in [0.29, 0.717) is 16.7 Å². The van der Waals surface area contributed by atoms with Crippen molar-refractivity contribution in [3.63, 3.8) is 0 Å². The highest BCUT2D eigenvalue weighted by Crippen LogP contribution is 2.41. The zero-order valence-corrected chi connectivity index (χ0v) is 20.0. The molecule has 14 heteroatoms. The SMILES string of the molecule is COc1ccc(NS(=O)(=O)c2cc([N+](=O)[O-])ccc2N=Nc2c(O)[nH]c3c(Cl)cc(Cl)cc23)cc1. The van der Waals surface area contributed by atoms with Crippen LogP contribution in [0.25, 0.3) is 10.9 Å². The number of ether oxygens (including phenoxy) is 1. The Morgan fingerprint density at radius 3 is 2.46 bits per heavy atom. The molecule has 0 aliphatic carbocycles. The van der Waals surface area contributed by atoms with Crippen LogP contribution in [0.4, 0.5) is 22.7 Å². The van der Waals surface area contributed by atoms with E-state index in [4.69, 9.17) is 27.9 Å². The number of nitro groups is 1. The fourth-order valence-electron chi connectivity index (χ4n) is 3.18. The van der Waals surface area contributed by atoms with E-state index in [1.165, 1.54) is 31.4 Å². The predicted molar refractivity (Wildman–Crippen MR) is 131 cm³/mol. The van der Waals surface area contributed by atoms with E-state index in [2.05, 4.69) is 19.9 Å². The lowest BCUT2D eigenvalue weighted by Crippen LogP contribution is -2.13. The van der Waals surface area contributed by atoms with Gasteiger partial charge in [0.05, 0.1) is 22.6 Å². The van der Waals surface area contributed by atoms with E-state index < -0.39 is 25.5 Å². The van der Waals surface area contributed by atoms with Gasteiger partial charge in [-0.25, -0.2) is 8.42 Å². The third-order valence-corrected chi connectivity index (χ3v) is 6.75. The van der Waals surface area contributed by atoms with Crippen molar-refractivity contribution in [2.45, 2.75) is 4.90 Å². The molecule has 0 radical (unpaired) electrons. The maximum atomic E-state index is 13.1. The Balaban J connectivity index is 1.79. The number of nitro benzene ring substituents is 1. The number of rotatable bonds is 7. The lowest BCUT2D eigenvalue weighted by Gasteiger charge is -2.10. The third kappa shape index (κ3) is 4.99. The average Bonchev–Trinajstić information content (AvgIpc) is 3.13. The molecule has 3 aromatic carbocycles. The van der Waals surface area contributed by atoms with Gasteiger partial charge in [0.25, 0.3) is 15.7 Å². The Bertz CT molecular complexity index is 1590. The molecule has 0 amide bonds. The lowest BCUT2D eigenvalue weighted by molar-refractivity contribution is -0.385. The second-order valence-electron chi connectivity index (χ2n) is 7.08. The Labute approximate surface area is 208 Å². The van der Waals surface area contributed by atoms with Gasteiger partial charge in [-0.05, 0) is 42.5 Å². The first-order valence-corrected chi connectivity index (χ1v) is 11.9. The number of sulfonamides is 1. The standard InChI is InChI=1S/C21H15Cl2N5O6S/c1-34-14-5-2-12(3-6-14)27-35(32,33)18-10-13(28(30)31)4-7-17(18)25-26-20-15-8-11(22)9-16(23)19(15)24-21(20)29/h2-10,24,27,29H,1H3. The summed E-state index contributed by atoms with van der Waals surface area (Å²) in [5.74, 6) is 0.132. The van der Waals surface area contributed by atoms with Crippen molar-refractivity contribution in [1.29, 1.82) is 0 Å². The number of nitrogens with one attached hydrogen (secondary N) is 2. The lowest BCUT2D eigenvalue weighted by atomic mass is 10.2. The predicted octanol–water partition coefficient (Wildman–Crippen LogP) is 6.31. The topological polar surface area (TPSA) is 159 Å². The van der Waals surface area contributed by atoms with Gasteiger partial charge in [-0.15, -0.1) is 10.2 Å². The monoisotopic (exact) mass is 535 g/mol. The molecule has 1 heterocycles. The smallest absolute Gasteiger partial charge is 0.270 e. The van der Waals surface area contributed by atoms with Gasteiger partial charge in [0.2, 0.25) is 5.88 Å². The Morgan fingerprint density at radius 1 is 1.09 bits per heavy atom. The first kappa shape index (κ1) is 24.3. The minimum Gasteiger partial charge on any atom is -0.497 e. The van der Waals surface area contributed by atoms with Crippen LogP contribution in [0.15, 0.2) is 69.7 Å². The van der Waals surface area contributed by atoms with E-state index in [9.17, 15) is 23.6 Å². The van der Waals surface area contributed by atoms with Gasteiger partial charge in [-0.1, -0.05) is 23.2 Å². The molecule has 11 nitrogen and oxygen atoms in total. The summed E-state index contributed by atoms with van der Waals surface area (Å²) in [6.07, 6.45) is 0. The highest BCUT2D eigenvalue weighted by atomic mass is 35.5. The molecule has 0 fully saturated rings. The van der Waals surface area contributed by atoms with Gasteiger partial charge < -0.3 is 14.8 Å². The number of methoxy groups -OCH3 is 1. The van der Waals surface area contributed by atoms with Crippen molar-refractivity contribution in [2.24, 2.45) is 10.2 Å². The molecular formula is C21H15Cl2N5O6S. The summed E-state index contributed by atoms with van der Waals surface area (Å²) < 4.78 is 33.6. The summed E-state index contributed by atoms with van der Waals surface area (Å²) in [6.45, 7) is 0. The minimum atomic E-state index is -4.34. The molecule has 0 atom stereocenters. The molecule has 1 aromatic heterocycles. The molecule has 180 valence electrons. The molecule has 0 aliphatic rings. The van der Waals surface area contributed by atoms with E-state index in [1.807, 2.05) is 0 Å². The van der Waals surface area contributed by atoms with Gasteiger partial charge in [0.1, 0.15) is 16.3 Å². The zero-order chi connectivity index (χ0) is 25.3. The second kappa shape index (κ2) is 9.41. The number of benzene rings is 3. The quantitative estimate of drug-likeness (QED) is 0.143. The maximum absolute atomic E-state index is 13.1. The number of aromatic nitrogens is 1. The number of fused-ring (bicyclic) bond motifs is 1. The third-order valence-electron chi connectivity index (χ3n) is 4.82. The zero-order valence-electron chi connectivity index (χ0n) is 17.7. The van der Waals surface area contributed by atoms with Crippen molar-refractivity contribution in [1.82, 2.24) is 4.98 Å². The van der Waals surface area contributed by atoms with Crippen molar-refractivity contribution >= 4 is 66.9 Å². The molecule has 0 unspecified atom stereocenters. The molecule has 35 heavy (non-hydrogen) atoms. The largest absolute Gasteiger partial charge is 0.497 e. The summed E-state index contributed by atoms with van der Waals surface area (Å²) in [4.78, 5) is 12.7. The van der Waals surface area contributed by atoms with Crippen LogP contribution < -0.4 is 9.46 Å². The summed E-state index contributed by atoms with van der Waals surface area (Å²) >= 11 is 12.2. The number of azo groups is 1. The van der Waals surface area contributed by atoms with Gasteiger partial charge in [0, 0.05) is 28.2 Å². The van der Waals surface area contributed by atoms with Crippen LogP contribution >= 0.6 is 23.2 Å². The van der Waals surface area contributed by atoms with Crippen molar-refractivity contribution < 1.29 is 23.2 Å². The number of aromatic amines is 1. The van der Waals surface area contributed by atoms with Crippen molar-refractivity contribution in [3.05, 3.63) is 74.8 Å². The van der Waals surface area contributed by atoms with Crippen LogP contribution in [-0.2, 0) is 10.0 Å². The van der Waals surface area contributed by atoms with Crippen molar-refractivity contribution in [2.75, 3.05) is 11.8 Å². The molecule has 0 bridgehead atoms. The molecule has 4 rings (SSSR count). The number of hydrogen-bond donors (Lipinski definition) is 3. The van der Waals surface area contributed by atoms with E-state index in [0.717, 1.165) is 18.2 Å². The van der Waals surface area contributed by atoms with Crippen LogP contribution in [-0.4, -0.2) is 30.5 Å². The van der Waals surface area contributed by atoms with Crippen molar-refractivity contribution in [3.8, 4) is 11.6 Å². The van der Waals surface area contributed by atoms with Crippen LogP contribution in [0.2, 0.25) is 10.0 Å². The van der Waals surface area contributed by atoms with Crippen LogP contribution in [0.5, 0.6) is 11.6 Å². The molecule has 0 spiro atoms. The van der Waals surface area contributed by atoms with Gasteiger partial charge in [-0.3, -0.25) is 14.8 Å². The normalized spacial score (nSPS) is 11.7. The fraction of sp³-hybridized carbons (Fsp3) is 0.0476. The minimum absolute atomic E-state index is 0.0470. The summed E-state index contributed by atoms with van der Waals surface area (Å²) in [7, 11) is -2.87. The van der Waals surface area contributed by atoms with E-state index in [-0.39, 0.29) is 33.0 Å². The van der Waals surface area contributed by atoms with Gasteiger partial charge in [0.15, 0.2) is 5.69 Å². The summed E-state index contributed by atoms with van der Waals surface area (Å²) in [6, 6.07) is 12.1. The number of nitrogens with zero attached hydrogens (tertiary/aromatic N) is 3. The average molecular weight is 536 g/mol. The highest BCUT2D eigenvalue weighted by Gasteiger charge is 2.23. The Hall–Kier alpha value is -3.87. The number of anilines is 1. The van der Waals surface area contributed by atoms with E-state index in [1.54, 1.807) is 12.1 Å². The van der Waals surface area contributed by atoms with Gasteiger partial charge in [-0.2, -0.15) is 0 Å². The molecule has 0 saturated heterocycles. The molecule has 3 N–H and O–H groups in total. The number of halogens is 2. The van der Waals surface area contributed by atoms with Crippen LogP contribution in [0.3, 0.4) is 0 Å². The second-order valence-corrected chi connectivity index (χ2v) is 9.57. The summed E-state index contributed by atoms with van der Waals surface area (Å²) in [5, 5.41) is 30.3. The number of H-pyrrole nitrogens is 1.